The third-order valence-corrected chi connectivity index (χ3v) is 3.84. The average molecular weight is 351 g/mol. The van der Waals surface area contributed by atoms with Gasteiger partial charge in [0, 0.05) is 5.56 Å². The fraction of sp³-hybridized carbons (Fsp3) is 0.250. The molecule has 1 aromatic heterocycles. The lowest BCUT2D eigenvalue weighted by Gasteiger charge is -2.16. The summed E-state index contributed by atoms with van der Waals surface area (Å²) in [6.45, 7) is 4.06. The van der Waals surface area contributed by atoms with E-state index >= 15 is 0 Å². The quantitative estimate of drug-likeness (QED) is 0.705. The largest absolute Gasteiger partial charge is 0.481 e. The Morgan fingerprint density at radius 3 is 2.73 bits per heavy atom. The molecule has 6 heteroatoms. The van der Waals surface area contributed by atoms with E-state index in [1.807, 2.05) is 68.4 Å². The molecule has 3 rings (SSSR count). The van der Waals surface area contributed by atoms with E-state index in [0.717, 1.165) is 11.1 Å². The molecular formula is C20H21N3O3. The van der Waals surface area contributed by atoms with Crippen molar-refractivity contribution in [1.82, 2.24) is 15.5 Å². The lowest BCUT2D eigenvalue weighted by Crippen LogP contribution is -2.37. The molecule has 0 aliphatic heterocycles. The minimum Gasteiger partial charge on any atom is -0.481 e. The second-order valence-corrected chi connectivity index (χ2v) is 5.93. The van der Waals surface area contributed by atoms with Crippen molar-refractivity contribution in [2.24, 2.45) is 0 Å². The molecule has 0 saturated heterocycles. The molecule has 0 aliphatic carbocycles. The number of nitrogens with zero attached hydrogens (tertiary/aromatic N) is 2. The first-order chi connectivity index (χ1) is 12.7. The molecule has 1 unspecified atom stereocenters. The fourth-order valence-corrected chi connectivity index (χ4v) is 2.49. The maximum Gasteiger partial charge on any atom is 0.261 e. The number of carbonyl (C=O) groups excluding carboxylic acids is 1. The van der Waals surface area contributed by atoms with Crippen molar-refractivity contribution in [2.75, 3.05) is 0 Å². The third kappa shape index (κ3) is 4.47. The third-order valence-electron chi connectivity index (χ3n) is 3.84. The zero-order valence-electron chi connectivity index (χ0n) is 14.8. The highest BCUT2D eigenvalue weighted by Gasteiger charge is 2.19. The monoisotopic (exact) mass is 351 g/mol. The number of rotatable bonds is 7. The number of nitrogens with one attached hydrogen (secondary N) is 1. The number of para-hydroxylation sites is 1. The Morgan fingerprint density at radius 1 is 1.19 bits per heavy atom. The van der Waals surface area contributed by atoms with Gasteiger partial charge in [0.25, 0.3) is 5.91 Å². The van der Waals surface area contributed by atoms with Gasteiger partial charge in [-0.15, -0.1) is 0 Å². The number of aromatic nitrogens is 2. The number of hydrogen-bond donors (Lipinski definition) is 1. The molecule has 1 heterocycles. The number of benzene rings is 2. The van der Waals surface area contributed by atoms with E-state index in [4.69, 9.17) is 9.26 Å². The van der Waals surface area contributed by atoms with Gasteiger partial charge in [0.2, 0.25) is 11.7 Å². The zero-order chi connectivity index (χ0) is 18.4. The SMILES string of the molecule is CCC(Oc1ccccc1)C(=O)NCc1nc(-c2cccc(C)c2)no1. The Hall–Kier alpha value is -3.15. The summed E-state index contributed by atoms with van der Waals surface area (Å²) in [7, 11) is 0. The van der Waals surface area contributed by atoms with Crippen molar-refractivity contribution in [3.63, 3.8) is 0 Å². The number of hydrogen-bond acceptors (Lipinski definition) is 5. The molecule has 3 aromatic rings. The van der Waals surface area contributed by atoms with Gasteiger partial charge < -0.3 is 14.6 Å². The van der Waals surface area contributed by atoms with Gasteiger partial charge >= 0.3 is 0 Å². The van der Waals surface area contributed by atoms with Crippen LogP contribution in [0.5, 0.6) is 5.75 Å². The van der Waals surface area contributed by atoms with E-state index in [1.54, 1.807) is 0 Å². The molecular weight excluding hydrogens is 330 g/mol. The first-order valence-corrected chi connectivity index (χ1v) is 8.54. The highest BCUT2D eigenvalue weighted by atomic mass is 16.5. The smallest absolute Gasteiger partial charge is 0.261 e. The standard InChI is InChI=1S/C20H21N3O3/c1-3-17(25-16-10-5-4-6-11-16)20(24)21-13-18-22-19(23-26-18)15-9-7-8-14(2)12-15/h4-12,17H,3,13H2,1-2H3,(H,21,24). The van der Waals surface area contributed by atoms with E-state index < -0.39 is 6.10 Å². The van der Waals surface area contributed by atoms with Crippen LogP contribution in [0.1, 0.15) is 24.8 Å². The minimum absolute atomic E-state index is 0.159. The van der Waals surface area contributed by atoms with Gasteiger partial charge in [-0.25, -0.2) is 0 Å². The molecule has 26 heavy (non-hydrogen) atoms. The van der Waals surface area contributed by atoms with Gasteiger partial charge in [-0.1, -0.05) is 54.0 Å². The van der Waals surface area contributed by atoms with Crippen molar-refractivity contribution >= 4 is 5.91 Å². The first-order valence-electron chi connectivity index (χ1n) is 8.54. The van der Waals surface area contributed by atoms with Gasteiger partial charge in [-0.2, -0.15) is 4.98 Å². The van der Waals surface area contributed by atoms with Crippen molar-refractivity contribution in [3.05, 3.63) is 66.1 Å². The Labute approximate surface area is 152 Å². The molecule has 1 amide bonds. The van der Waals surface area contributed by atoms with Crippen LogP contribution >= 0.6 is 0 Å². The second kappa shape index (κ2) is 8.29. The Kier molecular flexibility index (Phi) is 5.63. The number of aryl methyl sites for hydroxylation is 1. The van der Waals surface area contributed by atoms with E-state index in [9.17, 15) is 4.79 Å². The molecule has 0 bridgehead atoms. The minimum atomic E-state index is -0.573. The number of amides is 1. The summed E-state index contributed by atoms with van der Waals surface area (Å²) in [5, 5.41) is 6.76. The topological polar surface area (TPSA) is 77.2 Å². The van der Waals surface area contributed by atoms with Crippen LogP contribution in [0.2, 0.25) is 0 Å². The molecule has 0 fully saturated rings. The predicted octanol–water partition coefficient (Wildman–Crippen LogP) is 3.52. The van der Waals surface area contributed by atoms with Crippen LogP contribution in [0.15, 0.2) is 59.1 Å². The molecule has 0 spiro atoms. The van der Waals surface area contributed by atoms with Crippen molar-refractivity contribution < 1.29 is 14.1 Å². The van der Waals surface area contributed by atoms with Gasteiger partial charge in [-0.05, 0) is 31.5 Å². The summed E-state index contributed by atoms with van der Waals surface area (Å²) in [5.74, 6) is 1.30. The summed E-state index contributed by atoms with van der Waals surface area (Å²) in [6.07, 6.45) is -0.0180. The molecule has 1 atom stereocenters. The van der Waals surface area contributed by atoms with Crippen LogP contribution in [0.3, 0.4) is 0 Å². The lowest BCUT2D eigenvalue weighted by molar-refractivity contribution is -0.128. The van der Waals surface area contributed by atoms with Crippen LogP contribution in [0.25, 0.3) is 11.4 Å². The van der Waals surface area contributed by atoms with E-state index in [2.05, 4.69) is 15.5 Å². The Morgan fingerprint density at radius 2 is 2.00 bits per heavy atom. The average Bonchev–Trinajstić information content (AvgIpc) is 3.14. The molecule has 0 saturated carbocycles. The van der Waals surface area contributed by atoms with Crippen LogP contribution in [0, 0.1) is 6.92 Å². The lowest BCUT2D eigenvalue weighted by atomic mass is 10.1. The maximum absolute atomic E-state index is 12.3. The highest BCUT2D eigenvalue weighted by molar-refractivity contribution is 5.80. The maximum atomic E-state index is 12.3. The predicted molar refractivity (Wildman–Crippen MR) is 97.5 cm³/mol. The summed E-state index contributed by atoms with van der Waals surface area (Å²) in [6, 6.07) is 17.1. The Bertz CT molecular complexity index is 862. The van der Waals surface area contributed by atoms with Crippen LogP contribution in [0.4, 0.5) is 0 Å². The van der Waals surface area contributed by atoms with Crippen LogP contribution in [-0.4, -0.2) is 22.2 Å². The van der Waals surface area contributed by atoms with E-state index in [-0.39, 0.29) is 12.5 Å². The van der Waals surface area contributed by atoms with Gasteiger partial charge in [0.1, 0.15) is 5.75 Å². The zero-order valence-corrected chi connectivity index (χ0v) is 14.8. The number of ether oxygens (including phenoxy) is 1. The van der Waals surface area contributed by atoms with E-state index in [0.29, 0.717) is 23.9 Å². The van der Waals surface area contributed by atoms with Crippen LogP contribution < -0.4 is 10.1 Å². The molecule has 0 aliphatic rings. The van der Waals surface area contributed by atoms with E-state index in [1.165, 1.54) is 0 Å². The summed E-state index contributed by atoms with van der Waals surface area (Å²) < 4.78 is 10.9. The summed E-state index contributed by atoms with van der Waals surface area (Å²) in [4.78, 5) is 16.7. The van der Waals surface area contributed by atoms with Crippen molar-refractivity contribution in [1.29, 1.82) is 0 Å². The summed E-state index contributed by atoms with van der Waals surface area (Å²) >= 11 is 0. The molecule has 0 radical (unpaired) electrons. The molecule has 1 N–H and O–H groups in total. The molecule has 2 aromatic carbocycles. The fourth-order valence-electron chi connectivity index (χ4n) is 2.49. The van der Waals surface area contributed by atoms with Crippen molar-refractivity contribution in [2.45, 2.75) is 32.9 Å². The summed E-state index contributed by atoms with van der Waals surface area (Å²) in [5.41, 5.74) is 2.00. The number of carbonyl (C=O) groups is 1. The Balaban J connectivity index is 1.59. The van der Waals surface area contributed by atoms with Crippen molar-refractivity contribution in [3.8, 4) is 17.1 Å². The second-order valence-electron chi connectivity index (χ2n) is 5.93. The normalized spacial score (nSPS) is 11.8. The van der Waals surface area contributed by atoms with Crippen LogP contribution in [-0.2, 0) is 11.3 Å². The molecule has 134 valence electrons. The van der Waals surface area contributed by atoms with Gasteiger partial charge in [0.15, 0.2) is 6.10 Å². The first kappa shape index (κ1) is 17.7. The van der Waals surface area contributed by atoms with Gasteiger partial charge in [-0.3, -0.25) is 4.79 Å². The van der Waals surface area contributed by atoms with Gasteiger partial charge in [0.05, 0.1) is 6.54 Å². The molecule has 6 nitrogen and oxygen atoms in total. The highest BCUT2D eigenvalue weighted by Crippen LogP contribution is 2.17.